The molecule has 3 aromatic rings. The first-order valence-corrected chi connectivity index (χ1v) is 15.5. The summed E-state index contributed by atoms with van der Waals surface area (Å²) in [6.07, 6.45) is 0.866. The van der Waals surface area contributed by atoms with E-state index in [-0.39, 0.29) is 30.3 Å². The number of aliphatic hydroxyl groups is 1. The molecule has 0 aromatic heterocycles. The molecule has 0 unspecified atom stereocenters. The lowest BCUT2D eigenvalue weighted by Crippen LogP contribution is -2.48. The molecule has 3 N–H and O–H groups in total. The molecule has 1 saturated heterocycles. The van der Waals surface area contributed by atoms with Crippen molar-refractivity contribution in [3.63, 3.8) is 0 Å². The van der Waals surface area contributed by atoms with Gasteiger partial charge in [0.15, 0.2) is 0 Å². The molecule has 11 heteroatoms. The number of benzene rings is 3. The number of carbonyl (C=O) groups is 1. The Bertz CT molecular complexity index is 1410. The summed E-state index contributed by atoms with van der Waals surface area (Å²) < 4.78 is 37.9. The highest BCUT2D eigenvalue weighted by Gasteiger charge is 2.28. The van der Waals surface area contributed by atoms with Crippen molar-refractivity contribution in [2.24, 2.45) is 0 Å². The second kappa shape index (κ2) is 15.8. The van der Waals surface area contributed by atoms with Crippen molar-refractivity contribution >= 4 is 34.0 Å². The lowest BCUT2D eigenvalue weighted by Gasteiger charge is -2.29. The maximum absolute atomic E-state index is 13.6. The van der Waals surface area contributed by atoms with Gasteiger partial charge in [0.25, 0.3) is 5.91 Å². The predicted molar refractivity (Wildman–Crippen MR) is 167 cm³/mol. The Morgan fingerprint density at radius 3 is 2.48 bits per heavy atom. The number of anilines is 1. The smallest absolute Gasteiger partial charge is 0.251 e. The Hall–Kier alpha value is -3.31. The highest BCUT2D eigenvalue weighted by Crippen LogP contribution is 2.29. The van der Waals surface area contributed by atoms with Gasteiger partial charge in [-0.3, -0.25) is 9.10 Å². The number of rotatable bonds is 13. The van der Waals surface area contributed by atoms with E-state index in [0.717, 1.165) is 23.3 Å². The maximum Gasteiger partial charge on any atom is 0.251 e. The van der Waals surface area contributed by atoms with Crippen LogP contribution in [-0.2, 0) is 23.0 Å². The lowest BCUT2D eigenvalue weighted by atomic mass is 10.00. The number of methoxy groups -OCH3 is 1. The van der Waals surface area contributed by atoms with Crippen molar-refractivity contribution in [2.45, 2.75) is 44.9 Å². The first-order valence-electron chi connectivity index (χ1n) is 13.9. The number of hydrogen-bond donors (Lipinski definition) is 3. The predicted octanol–water partition coefficient (Wildman–Crippen LogP) is 3.94. The van der Waals surface area contributed by atoms with E-state index >= 15 is 0 Å². The second-order valence-electron chi connectivity index (χ2n) is 10.1. The van der Waals surface area contributed by atoms with Gasteiger partial charge in [0.1, 0.15) is 11.5 Å². The van der Waals surface area contributed by atoms with Crippen LogP contribution in [0.4, 0.5) is 5.69 Å². The molecule has 4 rings (SSSR count). The number of amides is 1. The van der Waals surface area contributed by atoms with E-state index in [0.29, 0.717) is 44.0 Å². The summed E-state index contributed by atoms with van der Waals surface area (Å²) in [5.41, 5.74) is 2.64. The van der Waals surface area contributed by atoms with Crippen molar-refractivity contribution in [1.82, 2.24) is 10.6 Å². The first kappa shape index (κ1) is 33.2. The quantitative estimate of drug-likeness (QED) is 0.266. The fourth-order valence-electron chi connectivity index (χ4n) is 4.88. The van der Waals surface area contributed by atoms with Gasteiger partial charge in [-0.15, -0.1) is 12.4 Å². The second-order valence-corrected chi connectivity index (χ2v) is 12.1. The van der Waals surface area contributed by atoms with Gasteiger partial charge in [-0.2, -0.15) is 0 Å². The van der Waals surface area contributed by atoms with E-state index in [4.69, 9.17) is 9.47 Å². The monoisotopic (exact) mass is 617 g/mol. The summed E-state index contributed by atoms with van der Waals surface area (Å²) in [4.78, 5) is 13.6. The van der Waals surface area contributed by atoms with Gasteiger partial charge < -0.3 is 25.2 Å². The topological polar surface area (TPSA) is 117 Å². The molecule has 0 radical (unpaired) electrons. The number of aliphatic hydroxyl groups excluding tert-OH is 1. The summed E-state index contributed by atoms with van der Waals surface area (Å²) in [5, 5.41) is 17.5. The van der Waals surface area contributed by atoms with Crippen LogP contribution in [0.2, 0.25) is 0 Å². The Balaban J connectivity index is 0.00000484. The number of carbonyl (C=O) groups excluding carboxylic acids is 1. The van der Waals surface area contributed by atoms with Crippen LogP contribution >= 0.6 is 12.4 Å². The number of nitrogens with one attached hydrogen (secondary N) is 2. The number of nitrogens with zero attached hydrogens (tertiary/aromatic N) is 1. The van der Waals surface area contributed by atoms with Crippen LogP contribution < -0.4 is 24.4 Å². The zero-order chi connectivity index (χ0) is 29.2. The Labute approximate surface area is 254 Å². The summed E-state index contributed by atoms with van der Waals surface area (Å²) in [7, 11) is -1.86. The largest absolute Gasteiger partial charge is 0.497 e. The van der Waals surface area contributed by atoms with Crippen molar-refractivity contribution in [3.05, 3.63) is 89.5 Å². The van der Waals surface area contributed by atoms with E-state index in [2.05, 4.69) is 10.6 Å². The standard InChI is InChI=1S/C31H39N3O6S.ClH/c1-3-40-28-19-25(18-26(20-28)34-14-7-8-15-41(34,37)38)31(36)33-29(17-23-10-5-4-6-11-23)30(35)22-32-21-24-12-9-13-27(16-24)39-2;/h4-6,9-13,16,18-20,29-30,32,35H,3,7-8,14-15,17,21-22H2,1-2H3,(H,33,36);1H/t29-,30+;/m0./s1. The van der Waals surface area contributed by atoms with Crippen molar-refractivity contribution in [2.75, 3.05) is 36.9 Å². The number of ether oxygens (including phenoxy) is 2. The molecule has 0 saturated carbocycles. The summed E-state index contributed by atoms with van der Waals surface area (Å²) in [6, 6.07) is 21.5. The first-order chi connectivity index (χ1) is 19.8. The van der Waals surface area contributed by atoms with Crippen LogP contribution in [0.15, 0.2) is 72.8 Å². The molecule has 0 spiro atoms. The lowest BCUT2D eigenvalue weighted by molar-refractivity contribution is 0.0829. The van der Waals surface area contributed by atoms with Gasteiger partial charge in [0.2, 0.25) is 10.0 Å². The summed E-state index contributed by atoms with van der Waals surface area (Å²) >= 11 is 0. The zero-order valence-corrected chi connectivity index (χ0v) is 25.6. The Morgan fingerprint density at radius 2 is 1.76 bits per heavy atom. The van der Waals surface area contributed by atoms with Crippen molar-refractivity contribution in [3.8, 4) is 11.5 Å². The minimum absolute atomic E-state index is 0. The molecule has 9 nitrogen and oxygen atoms in total. The van der Waals surface area contributed by atoms with Gasteiger partial charge in [0.05, 0.1) is 37.3 Å². The molecule has 1 aliphatic rings. The van der Waals surface area contributed by atoms with E-state index < -0.39 is 28.1 Å². The van der Waals surface area contributed by atoms with Crippen LogP contribution in [0.25, 0.3) is 0 Å². The molecule has 1 fully saturated rings. The third-order valence-electron chi connectivity index (χ3n) is 7.00. The molecule has 2 atom stereocenters. The molecule has 1 amide bonds. The highest BCUT2D eigenvalue weighted by molar-refractivity contribution is 7.92. The Morgan fingerprint density at radius 1 is 1.00 bits per heavy atom. The fourth-order valence-corrected chi connectivity index (χ4v) is 6.50. The average molecular weight is 618 g/mol. The average Bonchev–Trinajstić information content (AvgIpc) is 2.97. The fraction of sp³-hybridized carbons (Fsp3) is 0.387. The van der Waals surface area contributed by atoms with Gasteiger partial charge in [0, 0.05) is 31.3 Å². The minimum Gasteiger partial charge on any atom is -0.497 e. The molecular formula is C31H40ClN3O6S. The maximum atomic E-state index is 13.6. The van der Waals surface area contributed by atoms with Crippen LogP contribution in [0.1, 0.15) is 41.3 Å². The van der Waals surface area contributed by atoms with Crippen molar-refractivity contribution in [1.29, 1.82) is 0 Å². The number of hydrogen-bond acceptors (Lipinski definition) is 7. The van der Waals surface area contributed by atoms with Crippen LogP contribution in [0.3, 0.4) is 0 Å². The molecule has 228 valence electrons. The van der Waals surface area contributed by atoms with Crippen molar-refractivity contribution < 1.29 is 27.8 Å². The summed E-state index contributed by atoms with van der Waals surface area (Å²) in [5.74, 6) is 0.817. The third kappa shape index (κ3) is 9.09. The normalized spacial score (nSPS) is 15.6. The van der Waals surface area contributed by atoms with E-state index in [9.17, 15) is 18.3 Å². The minimum atomic E-state index is -3.48. The van der Waals surface area contributed by atoms with Crippen LogP contribution in [-0.4, -0.2) is 64.1 Å². The molecular weight excluding hydrogens is 578 g/mol. The molecule has 42 heavy (non-hydrogen) atoms. The van der Waals surface area contributed by atoms with Gasteiger partial charge >= 0.3 is 0 Å². The number of halogens is 1. The van der Waals surface area contributed by atoms with Gasteiger partial charge in [-0.1, -0.05) is 42.5 Å². The molecule has 0 bridgehead atoms. The summed E-state index contributed by atoms with van der Waals surface area (Å²) in [6.45, 7) is 3.31. The number of sulfonamides is 1. The van der Waals surface area contributed by atoms with Crippen LogP contribution in [0, 0.1) is 0 Å². The highest BCUT2D eigenvalue weighted by atomic mass is 35.5. The Kier molecular flexibility index (Phi) is 12.5. The SMILES string of the molecule is CCOc1cc(C(=O)N[C@@H](Cc2ccccc2)[C@H](O)CNCc2cccc(OC)c2)cc(N2CCCCS2(=O)=O)c1.Cl. The molecule has 0 aliphatic carbocycles. The van der Waals surface area contributed by atoms with E-state index in [1.807, 2.05) is 61.5 Å². The van der Waals surface area contributed by atoms with Gasteiger partial charge in [-0.05, 0) is 61.6 Å². The zero-order valence-electron chi connectivity index (χ0n) is 24.0. The van der Waals surface area contributed by atoms with Gasteiger partial charge in [-0.25, -0.2) is 8.42 Å². The van der Waals surface area contributed by atoms with Crippen LogP contribution in [0.5, 0.6) is 11.5 Å². The molecule has 1 aliphatic heterocycles. The molecule has 3 aromatic carbocycles. The molecule has 1 heterocycles. The van der Waals surface area contributed by atoms with E-state index in [1.54, 1.807) is 25.3 Å². The third-order valence-corrected chi connectivity index (χ3v) is 8.87. The van der Waals surface area contributed by atoms with E-state index in [1.165, 1.54) is 4.31 Å².